The Balaban J connectivity index is 1.51. The maximum Gasteiger partial charge on any atom is 0.310 e. The van der Waals surface area contributed by atoms with E-state index in [4.69, 9.17) is 9.47 Å². The Morgan fingerprint density at radius 1 is 1.04 bits per heavy atom. The molecule has 0 radical (unpaired) electrons. The molecule has 2 aromatic carbocycles. The maximum absolute atomic E-state index is 12.1. The normalized spacial score (nSPS) is 10.4. The first-order valence-corrected chi connectivity index (χ1v) is 8.66. The van der Waals surface area contributed by atoms with Crippen LogP contribution in [0.5, 0.6) is 5.75 Å². The average Bonchev–Trinajstić information content (AvgIpc) is 3.16. The number of carbonyl (C=O) groups is 2. The lowest BCUT2D eigenvalue weighted by Crippen LogP contribution is -2.15. The van der Waals surface area contributed by atoms with Crippen LogP contribution < -0.4 is 4.74 Å². The number of nitrogens with zero attached hydrogens (tertiary/aromatic N) is 2. The highest BCUT2D eigenvalue weighted by Gasteiger charge is 2.12. The Labute approximate surface area is 157 Å². The van der Waals surface area contributed by atoms with Crippen LogP contribution >= 0.6 is 0 Å². The Morgan fingerprint density at radius 2 is 1.78 bits per heavy atom. The molecule has 0 unspecified atom stereocenters. The van der Waals surface area contributed by atoms with E-state index in [0.29, 0.717) is 17.9 Å². The van der Waals surface area contributed by atoms with Crippen LogP contribution in [0.25, 0.3) is 5.69 Å². The molecule has 0 atom stereocenters. The topological polar surface area (TPSA) is 70.4 Å². The van der Waals surface area contributed by atoms with Crippen LogP contribution in [0, 0.1) is 0 Å². The molecular formula is C21H20N2O4. The SMILES string of the molecule is CCOc1ccc(C(=O)COC(=O)Cc2cnn(-c3ccccc3)c2)cc1. The zero-order valence-electron chi connectivity index (χ0n) is 15.0. The molecule has 0 aliphatic carbocycles. The summed E-state index contributed by atoms with van der Waals surface area (Å²) in [5.41, 5.74) is 2.10. The molecule has 0 N–H and O–H groups in total. The summed E-state index contributed by atoms with van der Waals surface area (Å²) in [5.74, 6) is -0.0326. The third-order valence-electron chi connectivity index (χ3n) is 3.86. The minimum Gasteiger partial charge on any atom is -0.494 e. The molecule has 138 valence electrons. The van der Waals surface area contributed by atoms with E-state index in [1.54, 1.807) is 41.3 Å². The summed E-state index contributed by atoms with van der Waals surface area (Å²) < 4.78 is 12.1. The predicted octanol–water partition coefficient (Wildman–Crippen LogP) is 3.24. The van der Waals surface area contributed by atoms with Crippen LogP contribution in [0.4, 0.5) is 0 Å². The third-order valence-corrected chi connectivity index (χ3v) is 3.86. The molecule has 0 fully saturated rings. The van der Waals surface area contributed by atoms with E-state index in [9.17, 15) is 9.59 Å². The summed E-state index contributed by atoms with van der Waals surface area (Å²) in [6.45, 7) is 2.16. The highest BCUT2D eigenvalue weighted by atomic mass is 16.5. The number of hydrogen-bond donors (Lipinski definition) is 0. The quantitative estimate of drug-likeness (QED) is 0.453. The zero-order valence-corrected chi connectivity index (χ0v) is 15.0. The van der Waals surface area contributed by atoms with E-state index in [-0.39, 0.29) is 18.8 Å². The van der Waals surface area contributed by atoms with Crippen molar-refractivity contribution in [1.29, 1.82) is 0 Å². The van der Waals surface area contributed by atoms with Gasteiger partial charge in [0.2, 0.25) is 0 Å². The van der Waals surface area contributed by atoms with Crippen molar-refractivity contribution in [2.75, 3.05) is 13.2 Å². The van der Waals surface area contributed by atoms with Gasteiger partial charge < -0.3 is 9.47 Å². The maximum atomic E-state index is 12.1. The van der Waals surface area contributed by atoms with Crippen molar-refractivity contribution >= 4 is 11.8 Å². The Morgan fingerprint density at radius 3 is 2.48 bits per heavy atom. The molecular weight excluding hydrogens is 344 g/mol. The molecule has 0 bridgehead atoms. The lowest BCUT2D eigenvalue weighted by atomic mass is 10.1. The third kappa shape index (κ3) is 5.04. The van der Waals surface area contributed by atoms with Crippen molar-refractivity contribution in [3.63, 3.8) is 0 Å². The molecule has 6 heteroatoms. The molecule has 3 rings (SSSR count). The van der Waals surface area contributed by atoms with E-state index < -0.39 is 5.97 Å². The highest BCUT2D eigenvalue weighted by molar-refractivity contribution is 5.98. The van der Waals surface area contributed by atoms with Gasteiger partial charge in [-0.15, -0.1) is 0 Å². The van der Waals surface area contributed by atoms with E-state index in [2.05, 4.69) is 5.10 Å². The molecule has 0 saturated carbocycles. The number of rotatable bonds is 8. The van der Waals surface area contributed by atoms with Gasteiger partial charge in [-0.05, 0) is 43.3 Å². The first kappa shape index (κ1) is 18.4. The van der Waals surface area contributed by atoms with Gasteiger partial charge in [-0.25, -0.2) is 4.68 Å². The summed E-state index contributed by atoms with van der Waals surface area (Å²) in [7, 11) is 0. The van der Waals surface area contributed by atoms with Crippen LogP contribution in [0.3, 0.4) is 0 Å². The fraction of sp³-hybridized carbons (Fsp3) is 0.190. The Kier molecular flexibility index (Phi) is 5.99. The van der Waals surface area contributed by atoms with E-state index in [1.807, 2.05) is 37.3 Å². The summed E-state index contributed by atoms with van der Waals surface area (Å²) in [6, 6.07) is 16.3. The zero-order chi connectivity index (χ0) is 19.1. The molecule has 6 nitrogen and oxygen atoms in total. The standard InChI is InChI=1S/C21H20N2O4/c1-2-26-19-10-8-17(9-11-19)20(24)15-27-21(25)12-16-13-22-23(14-16)18-6-4-3-5-7-18/h3-11,13-14H,2,12,15H2,1H3. The second-order valence-corrected chi connectivity index (χ2v) is 5.85. The molecule has 0 aliphatic heterocycles. The van der Waals surface area contributed by atoms with Crippen molar-refractivity contribution in [2.45, 2.75) is 13.3 Å². The summed E-state index contributed by atoms with van der Waals surface area (Å²) >= 11 is 0. The first-order valence-electron chi connectivity index (χ1n) is 8.66. The number of Topliss-reactive ketones (excluding diaryl/α,β-unsaturated/α-hetero) is 1. The second-order valence-electron chi connectivity index (χ2n) is 5.85. The Hall–Kier alpha value is -3.41. The summed E-state index contributed by atoms with van der Waals surface area (Å²) in [4.78, 5) is 24.1. The molecule has 3 aromatic rings. The van der Waals surface area contributed by atoms with E-state index >= 15 is 0 Å². The number of ether oxygens (including phenoxy) is 2. The minimum absolute atomic E-state index is 0.0589. The highest BCUT2D eigenvalue weighted by Crippen LogP contribution is 2.13. The number of benzene rings is 2. The van der Waals surface area contributed by atoms with Crippen LogP contribution in [-0.4, -0.2) is 34.7 Å². The van der Waals surface area contributed by atoms with Gasteiger partial charge in [0, 0.05) is 17.3 Å². The number of carbonyl (C=O) groups excluding carboxylic acids is 2. The van der Waals surface area contributed by atoms with Crippen molar-refractivity contribution in [3.05, 3.63) is 78.1 Å². The second kappa shape index (κ2) is 8.80. The number of ketones is 1. The lowest BCUT2D eigenvalue weighted by molar-refractivity contribution is -0.141. The van der Waals surface area contributed by atoms with Crippen molar-refractivity contribution in [3.8, 4) is 11.4 Å². The van der Waals surface area contributed by atoms with Crippen LogP contribution in [0.15, 0.2) is 67.0 Å². The molecule has 27 heavy (non-hydrogen) atoms. The van der Waals surface area contributed by atoms with Gasteiger partial charge in [0.05, 0.1) is 24.9 Å². The van der Waals surface area contributed by atoms with Gasteiger partial charge >= 0.3 is 5.97 Å². The van der Waals surface area contributed by atoms with Gasteiger partial charge in [-0.3, -0.25) is 9.59 Å². The van der Waals surface area contributed by atoms with Crippen molar-refractivity contribution in [1.82, 2.24) is 9.78 Å². The van der Waals surface area contributed by atoms with Crippen LogP contribution in [-0.2, 0) is 16.0 Å². The minimum atomic E-state index is -0.470. The van der Waals surface area contributed by atoms with Gasteiger partial charge in [-0.1, -0.05) is 18.2 Å². The lowest BCUT2D eigenvalue weighted by Gasteiger charge is -2.05. The largest absolute Gasteiger partial charge is 0.494 e. The average molecular weight is 364 g/mol. The molecule has 0 aliphatic rings. The number of esters is 1. The van der Waals surface area contributed by atoms with Crippen molar-refractivity contribution < 1.29 is 19.1 Å². The van der Waals surface area contributed by atoms with E-state index in [0.717, 1.165) is 11.3 Å². The fourth-order valence-electron chi connectivity index (χ4n) is 2.52. The first-order chi connectivity index (χ1) is 13.2. The monoisotopic (exact) mass is 364 g/mol. The Bertz CT molecular complexity index is 901. The summed E-state index contributed by atoms with van der Waals surface area (Å²) in [6.07, 6.45) is 3.44. The molecule has 0 saturated heterocycles. The van der Waals surface area contributed by atoms with Gasteiger partial charge in [0.15, 0.2) is 12.4 Å². The van der Waals surface area contributed by atoms with Crippen molar-refractivity contribution in [2.24, 2.45) is 0 Å². The molecule has 0 amide bonds. The number of hydrogen-bond acceptors (Lipinski definition) is 5. The number of para-hydroxylation sites is 1. The number of aromatic nitrogens is 2. The predicted molar refractivity (Wildman–Crippen MR) is 100 cm³/mol. The van der Waals surface area contributed by atoms with Crippen LogP contribution in [0.2, 0.25) is 0 Å². The van der Waals surface area contributed by atoms with Crippen LogP contribution in [0.1, 0.15) is 22.8 Å². The van der Waals surface area contributed by atoms with Gasteiger partial charge in [0.25, 0.3) is 0 Å². The fourth-order valence-corrected chi connectivity index (χ4v) is 2.52. The summed E-state index contributed by atoms with van der Waals surface area (Å²) in [5, 5.41) is 4.24. The smallest absolute Gasteiger partial charge is 0.310 e. The molecule has 0 spiro atoms. The van der Waals surface area contributed by atoms with Gasteiger partial charge in [0.1, 0.15) is 5.75 Å². The van der Waals surface area contributed by atoms with Gasteiger partial charge in [-0.2, -0.15) is 5.10 Å². The molecule has 1 heterocycles. The van der Waals surface area contributed by atoms with E-state index in [1.165, 1.54) is 0 Å². The molecule has 1 aromatic heterocycles.